The molecule has 1 heterocycles. The Labute approximate surface area is 86.3 Å². The molecule has 1 aromatic carbocycles. The monoisotopic (exact) mass is 262 g/mol. The molecule has 4 heteroatoms. The lowest BCUT2D eigenvalue weighted by molar-refractivity contribution is 0.587. The third kappa shape index (κ3) is 1.38. The van der Waals surface area contributed by atoms with Crippen LogP contribution in [0.15, 0.2) is 17.5 Å². The van der Waals surface area contributed by atoms with Crippen LogP contribution in [0.5, 0.6) is 0 Å². The first-order valence-corrected chi connectivity index (χ1v) is 5.64. The molecule has 2 rings (SSSR count). The van der Waals surface area contributed by atoms with Gasteiger partial charge in [0.1, 0.15) is 11.6 Å². The van der Waals surface area contributed by atoms with E-state index in [0.717, 1.165) is 6.07 Å². The second-order valence-corrected chi connectivity index (χ2v) is 4.09. The lowest BCUT2D eigenvalue weighted by atomic mass is 10.1. The number of rotatable bonds is 1. The second-order valence-electron chi connectivity index (χ2n) is 2.62. The molecule has 13 heavy (non-hydrogen) atoms. The van der Waals surface area contributed by atoms with E-state index < -0.39 is 11.6 Å². The number of alkyl halides is 1. The smallest absolute Gasteiger partial charge is 0.143 e. The average molecular weight is 263 g/mol. The maximum atomic E-state index is 13.2. The Bertz CT molecular complexity index is 450. The van der Waals surface area contributed by atoms with Crippen molar-refractivity contribution in [1.29, 1.82) is 0 Å². The molecule has 0 nitrogen and oxygen atoms in total. The molecule has 0 N–H and O–H groups in total. The van der Waals surface area contributed by atoms with Gasteiger partial charge < -0.3 is 0 Å². The summed E-state index contributed by atoms with van der Waals surface area (Å²) in [4.78, 5) is 0. The van der Waals surface area contributed by atoms with Crippen LogP contribution in [-0.2, 0) is 5.33 Å². The fourth-order valence-corrected chi connectivity index (χ4v) is 2.66. The Morgan fingerprint density at radius 2 is 2.08 bits per heavy atom. The lowest BCUT2D eigenvalue weighted by Crippen LogP contribution is -1.88. The fourth-order valence-electron chi connectivity index (χ4n) is 1.26. The van der Waals surface area contributed by atoms with E-state index in [1.165, 1.54) is 11.3 Å². The first-order chi connectivity index (χ1) is 6.24. The van der Waals surface area contributed by atoms with Crippen LogP contribution in [0.1, 0.15) is 5.56 Å². The maximum Gasteiger partial charge on any atom is 0.143 e. The number of thiophene rings is 1. The molecule has 0 saturated heterocycles. The molecule has 0 bridgehead atoms. The number of hydrogen-bond acceptors (Lipinski definition) is 1. The van der Waals surface area contributed by atoms with Gasteiger partial charge in [0.25, 0.3) is 0 Å². The summed E-state index contributed by atoms with van der Waals surface area (Å²) in [7, 11) is 0. The van der Waals surface area contributed by atoms with Gasteiger partial charge in [-0.1, -0.05) is 15.9 Å². The molecular weight excluding hydrogens is 258 g/mol. The van der Waals surface area contributed by atoms with E-state index in [0.29, 0.717) is 21.0 Å². The molecule has 0 saturated carbocycles. The van der Waals surface area contributed by atoms with E-state index >= 15 is 0 Å². The summed E-state index contributed by atoms with van der Waals surface area (Å²) in [5, 5.41) is 2.84. The molecule has 0 fully saturated rings. The maximum absolute atomic E-state index is 13.2. The van der Waals surface area contributed by atoms with Crippen molar-refractivity contribution in [1.82, 2.24) is 0 Å². The van der Waals surface area contributed by atoms with Crippen molar-refractivity contribution in [2.75, 3.05) is 0 Å². The molecule has 1 aromatic heterocycles. The van der Waals surface area contributed by atoms with E-state index in [1.807, 2.05) is 0 Å². The molecule has 0 amide bonds. The van der Waals surface area contributed by atoms with Crippen LogP contribution in [-0.4, -0.2) is 0 Å². The molecule has 68 valence electrons. The number of benzene rings is 1. The van der Waals surface area contributed by atoms with E-state index in [2.05, 4.69) is 15.9 Å². The Morgan fingerprint density at radius 1 is 1.31 bits per heavy atom. The third-order valence-electron chi connectivity index (χ3n) is 1.88. The van der Waals surface area contributed by atoms with Gasteiger partial charge in [0.2, 0.25) is 0 Å². The summed E-state index contributed by atoms with van der Waals surface area (Å²) >= 11 is 4.47. The van der Waals surface area contributed by atoms with Crippen molar-refractivity contribution < 1.29 is 8.78 Å². The van der Waals surface area contributed by atoms with Gasteiger partial charge in [0.15, 0.2) is 0 Å². The highest BCUT2D eigenvalue weighted by Gasteiger charge is 2.11. The highest BCUT2D eigenvalue weighted by atomic mass is 79.9. The van der Waals surface area contributed by atoms with Crippen LogP contribution in [0.3, 0.4) is 0 Å². The van der Waals surface area contributed by atoms with Crippen molar-refractivity contribution in [3.8, 4) is 0 Å². The van der Waals surface area contributed by atoms with E-state index in [1.54, 1.807) is 11.4 Å². The SMILES string of the molecule is Fc1cc(F)c2sccc2c1CBr. The van der Waals surface area contributed by atoms with Gasteiger partial charge in [-0.15, -0.1) is 11.3 Å². The summed E-state index contributed by atoms with van der Waals surface area (Å²) in [5.74, 6) is -0.965. The largest absolute Gasteiger partial charge is 0.207 e. The molecule has 0 unspecified atom stereocenters. The van der Waals surface area contributed by atoms with Crippen LogP contribution >= 0.6 is 27.3 Å². The fraction of sp³-hybridized carbons (Fsp3) is 0.111. The Hall–Kier alpha value is -0.480. The lowest BCUT2D eigenvalue weighted by Gasteiger charge is -2.01. The quantitative estimate of drug-likeness (QED) is 0.680. The first-order valence-electron chi connectivity index (χ1n) is 3.64. The van der Waals surface area contributed by atoms with Crippen molar-refractivity contribution in [2.45, 2.75) is 5.33 Å². The van der Waals surface area contributed by atoms with Crippen molar-refractivity contribution in [3.63, 3.8) is 0 Å². The molecule has 0 aliphatic carbocycles. The average Bonchev–Trinajstić information content (AvgIpc) is 2.53. The Balaban J connectivity index is 2.88. The van der Waals surface area contributed by atoms with E-state index in [9.17, 15) is 8.78 Å². The van der Waals surface area contributed by atoms with Crippen molar-refractivity contribution in [3.05, 3.63) is 34.7 Å². The Morgan fingerprint density at radius 3 is 2.77 bits per heavy atom. The van der Waals surface area contributed by atoms with Gasteiger partial charge >= 0.3 is 0 Å². The topological polar surface area (TPSA) is 0 Å². The van der Waals surface area contributed by atoms with Crippen molar-refractivity contribution in [2.24, 2.45) is 0 Å². The minimum absolute atomic E-state index is 0.409. The van der Waals surface area contributed by atoms with Crippen LogP contribution in [0.2, 0.25) is 0 Å². The van der Waals surface area contributed by atoms with Crippen LogP contribution in [0, 0.1) is 11.6 Å². The van der Waals surface area contributed by atoms with Crippen LogP contribution in [0.4, 0.5) is 8.78 Å². The van der Waals surface area contributed by atoms with Gasteiger partial charge in [0, 0.05) is 22.3 Å². The van der Waals surface area contributed by atoms with Crippen molar-refractivity contribution >= 4 is 37.4 Å². The highest BCUT2D eigenvalue weighted by molar-refractivity contribution is 9.08. The standard InChI is InChI=1S/C9H5BrF2S/c10-4-6-5-1-2-13-9(5)8(12)3-7(6)11/h1-3H,4H2. The van der Waals surface area contributed by atoms with Gasteiger partial charge in [-0.3, -0.25) is 0 Å². The molecule has 0 atom stereocenters. The molecule has 0 spiro atoms. The van der Waals surface area contributed by atoms with Gasteiger partial charge in [-0.2, -0.15) is 0 Å². The molecule has 0 radical (unpaired) electrons. The first kappa shape index (κ1) is 9.09. The molecular formula is C9H5BrF2S. The predicted molar refractivity (Wildman–Crippen MR) is 54.4 cm³/mol. The normalized spacial score (nSPS) is 11.0. The zero-order valence-corrected chi connectivity index (χ0v) is 8.88. The number of halogens is 3. The summed E-state index contributed by atoms with van der Waals surface area (Å²) in [6.07, 6.45) is 0. The minimum Gasteiger partial charge on any atom is -0.207 e. The summed E-state index contributed by atoms with van der Waals surface area (Å²) in [6, 6.07) is 2.68. The second kappa shape index (κ2) is 3.35. The predicted octanol–water partition coefficient (Wildman–Crippen LogP) is 4.07. The molecule has 0 aliphatic heterocycles. The zero-order valence-electron chi connectivity index (χ0n) is 6.48. The van der Waals surface area contributed by atoms with Gasteiger partial charge in [-0.05, 0) is 11.4 Å². The third-order valence-corrected chi connectivity index (χ3v) is 3.37. The van der Waals surface area contributed by atoms with E-state index in [4.69, 9.17) is 0 Å². The van der Waals surface area contributed by atoms with E-state index in [-0.39, 0.29) is 0 Å². The van der Waals surface area contributed by atoms with Gasteiger partial charge in [0.05, 0.1) is 4.70 Å². The van der Waals surface area contributed by atoms with Gasteiger partial charge in [-0.25, -0.2) is 8.78 Å². The summed E-state index contributed by atoms with van der Waals surface area (Å²) in [5.41, 5.74) is 0.526. The number of fused-ring (bicyclic) bond motifs is 1. The summed E-state index contributed by atoms with van der Waals surface area (Å²) < 4.78 is 26.9. The molecule has 2 aromatic rings. The molecule has 0 aliphatic rings. The zero-order chi connectivity index (χ0) is 9.42. The Kier molecular flexibility index (Phi) is 2.34. The minimum atomic E-state index is -0.486. The number of hydrogen-bond donors (Lipinski definition) is 0. The highest BCUT2D eigenvalue weighted by Crippen LogP contribution is 2.30. The van der Waals surface area contributed by atoms with Crippen LogP contribution < -0.4 is 0 Å². The van der Waals surface area contributed by atoms with Crippen LogP contribution in [0.25, 0.3) is 10.1 Å². The summed E-state index contributed by atoms with van der Waals surface area (Å²) in [6.45, 7) is 0.